The molecule has 6 heteroatoms. The van der Waals surface area contributed by atoms with Crippen molar-refractivity contribution in [2.24, 2.45) is 0 Å². The van der Waals surface area contributed by atoms with Gasteiger partial charge < -0.3 is 15.3 Å². The van der Waals surface area contributed by atoms with E-state index in [0.717, 1.165) is 25.2 Å². The summed E-state index contributed by atoms with van der Waals surface area (Å²) in [4.78, 5) is 21.0. The van der Waals surface area contributed by atoms with Crippen LogP contribution in [0.1, 0.15) is 25.6 Å². The highest BCUT2D eigenvalue weighted by Gasteiger charge is 2.07. The van der Waals surface area contributed by atoms with Crippen molar-refractivity contribution in [1.82, 2.24) is 9.97 Å². The van der Waals surface area contributed by atoms with E-state index in [9.17, 15) is 4.79 Å². The van der Waals surface area contributed by atoms with Gasteiger partial charge in [-0.2, -0.15) is 0 Å². The van der Waals surface area contributed by atoms with E-state index in [2.05, 4.69) is 22.2 Å². The Hall–Kier alpha value is -1.85. The number of carboxylic acid groups (broad SMARTS) is 1. The van der Waals surface area contributed by atoms with Crippen LogP contribution in [0, 0.1) is 6.92 Å². The van der Waals surface area contributed by atoms with Crippen LogP contribution in [0.15, 0.2) is 6.07 Å². The first-order valence-corrected chi connectivity index (χ1v) is 6.05. The molecule has 0 amide bonds. The van der Waals surface area contributed by atoms with E-state index in [-0.39, 0.29) is 6.54 Å². The predicted molar refractivity (Wildman–Crippen MR) is 71.1 cm³/mol. The number of hydrogen-bond donors (Lipinski definition) is 2. The molecule has 0 saturated carbocycles. The third-order valence-electron chi connectivity index (χ3n) is 2.48. The summed E-state index contributed by atoms with van der Waals surface area (Å²) in [7, 11) is 1.97. The summed E-state index contributed by atoms with van der Waals surface area (Å²) in [6.07, 6.45) is 2.22. The first-order valence-electron chi connectivity index (χ1n) is 6.05. The number of anilines is 2. The van der Waals surface area contributed by atoms with Crippen LogP contribution in [0.4, 0.5) is 11.6 Å². The average molecular weight is 252 g/mol. The number of aryl methyl sites for hydroxylation is 1. The quantitative estimate of drug-likeness (QED) is 0.766. The van der Waals surface area contributed by atoms with Crippen LogP contribution < -0.4 is 10.2 Å². The molecule has 1 aromatic rings. The van der Waals surface area contributed by atoms with Crippen molar-refractivity contribution in [3.63, 3.8) is 0 Å². The summed E-state index contributed by atoms with van der Waals surface area (Å²) in [6, 6.07) is 1.77. The Bertz CT molecular complexity index is 409. The Morgan fingerprint density at radius 1 is 1.50 bits per heavy atom. The van der Waals surface area contributed by atoms with Gasteiger partial charge in [-0.05, 0) is 13.3 Å². The van der Waals surface area contributed by atoms with Gasteiger partial charge in [0.1, 0.15) is 24.0 Å². The molecule has 0 aliphatic carbocycles. The van der Waals surface area contributed by atoms with Gasteiger partial charge in [-0.3, -0.25) is 4.79 Å². The van der Waals surface area contributed by atoms with Crippen LogP contribution >= 0.6 is 0 Å². The van der Waals surface area contributed by atoms with E-state index in [1.54, 1.807) is 13.0 Å². The highest BCUT2D eigenvalue weighted by Crippen LogP contribution is 2.14. The van der Waals surface area contributed by atoms with E-state index in [1.807, 2.05) is 11.9 Å². The van der Waals surface area contributed by atoms with Crippen LogP contribution in [0.25, 0.3) is 0 Å². The second-order valence-electron chi connectivity index (χ2n) is 4.18. The van der Waals surface area contributed by atoms with E-state index >= 15 is 0 Å². The minimum Gasteiger partial charge on any atom is -0.480 e. The smallest absolute Gasteiger partial charge is 0.322 e. The maximum atomic E-state index is 10.5. The molecule has 0 aromatic carbocycles. The van der Waals surface area contributed by atoms with Crippen molar-refractivity contribution in [2.45, 2.75) is 26.7 Å². The molecule has 0 aliphatic rings. The number of nitrogens with zero attached hydrogens (tertiary/aromatic N) is 3. The van der Waals surface area contributed by atoms with E-state index < -0.39 is 5.97 Å². The number of nitrogens with one attached hydrogen (secondary N) is 1. The van der Waals surface area contributed by atoms with Gasteiger partial charge in [-0.25, -0.2) is 9.97 Å². The molecule has 0 unspecified atom stereocenters. The Labute approximate surface area is 107 Å². The molecule has 1 aromatic heterocycles. The first-order chi connectivity index (χ1) is 8.52. The monoisotopic (exact) mass is 252 g/mol. The van der Waals surface area contributed by atoms with Crippen LogP contribution in [-0.4, -0.2) is 41.2 Å². The second-order valence-corrected chi connectivity index (χ2v) is 4.18. The molecular formula is C12H20N4O2. The van der Waals surface area contributed by atoms with Crippen LogP contribution in [0.5, 0.6) is 0 Å². The number of unbranched alkanes of at least 4 members (excludes halogenated alkanes) is 1. The SMILES string of the molecule is CCCCN(C)c1cc(NCC(=O)O)nc(C)n1. The van der Waals surface area contributed by atoms with Crippen LogP contribution in [0.3, 0.4) is 0 Å². The summed E-state index contributed by atoms with van der Waals surface area (Å²) in [5.41, 5.74) is 0. The molecule has 0 bridgehead atoms. The largest absolute Gasteiger partial charge is 0.480 e. The molecule has 0 saturated heterocycles. The normalized spacial score (nSPS) is 10.2. The standard InChI is InChI=1S/C12H20N4O2/c1-4-5-6-16(3)11-7-10(13-8-12(17)18)14-9(2)15-11/h7H,4-6,8H2,1-3H3,(H,17,18)(H,13,14,15). The average Bonchev–Trinajstić information content (AvgIpc) is 2.32. The van der Waals surface area contributed by atoms with Gasteiger partial charge >= 0.3 is 5.97 Å². The van der Waals surface area contributed by atoms with Gasteiger partial charge in [-0.1, -0.05) is 13.3 Å². The van der Waals surface area contributed by atoms with Crippen molar-refractivity contribution in [3.8, 4) is 0 Å². The number of aliphatic carboxylic acids is 1. The number of carbonyl (C=O) groups is 1. The molecule has 100 valence electrons. The lowest BCUT2D eigenvalue weighted by atomic mass is 10.3. The van der Waals surface area contributed by atoms with Crippen molar-refractivity contribution in [1.29, 1.82) is 0 Å². The molecular weight excluding hydrogens is 232 g/mol. The molecule has 0 aliphatic heterocycles. The molecule has 1 heterocycles. The summed E-state index contributed by atoms with van der Waals surface area (Å²) < 4.78 is 0. The molecule has 18 heavy (non-hydrogen) atoms. The second kappa shape index (κ2) is 6.78. The van der Waals surface area contributed by atoms with Gasteiger partial charge in [0, 0.05) is 19.7 Å². The highest BCUT2D eigenvalue weighted by molar-refractivity contribution is 5.72. The number of hydrogen-bond acceptors (Lipinski definition) is 5. The van der Waals surface area contributed by atoms with E-state index in [1.165, 1.54) is 0 Å². The van der Waals surface area contributed by atoms with Crippen molar-refractivity contribution >= 4 is 17.6 Å². The minimum atomic E-state index is -0.910. The zero-order chi connectivity index (χ0) is 13.5. The maximum absolute atomic E-state index is 10.5. The molecule has 0 spiro atoms. The van der Waals surface area contributed by atoms with Crippen LogP contribution in [0.2, 0.25) is 0 Å². The fourth-order valence-electron chi connectivity index (χ4n) is 1.51. The number of carboxylic acids is 1. The fraction of sp³-hybridized carbons (Fsp3) is 0.583. The lowest BCUT2D eigenvalue weighted by Gasteiger charge is -2.18. The van der Waals surface area contributed by atoms with Gasteiger partial charge in [0.05, 0.1) is 0 Å². The number of aromatic nitrogens is 2. The predicted octanol–water partition coefficient (Wildman–Crippen LogP) is 1.52. The third kappa shape index (κ3) is 4.57. The van der Waals surface area contributed by atoms with Crippen LogP contribution in [-0.2, 0) is 4.79 Å². The van der Waals surface area contributed by atoms with Gasteiger partial charge in [0.15, 0.2) is 0 Å². The van der Waals surface area contributed by atoms with E-state index in [4.69, 9.17) is 5.11 Å². The Morgan fingerprint density at radius 3 is 2.83 bits per heavy atom. The summed E-state index contributed by atoms with van der Waals surface area (Å²) in [6.45, 7) is 4.71. The van der Waals surface area contributed by atoms with Crippen molar-refractivity contribution in [2.75, 3.05) is 30.4 Å². The fourth-order valence-corrected chi connectivity index (χ4v) is 1.51. The van der Waals surface area contributed by atoms with Gasteiger partial charge in [0.2, 0.25) is 0 Å². The highest BCUT2D eigenvalue weighted by atomic mass is 16.4. The first kappa shape index (κ1) is 14.2. The van der Waals surface area contributed by atoms with Gasteiger partial charge in [0.25, 0.3) is 0 Å². The maximum Gasteiger partial charge on any atom is 0.322 e. The molecule has 0 fully saturated rings. The minimum absolute atomic E-state index is 0.144. The number of rotatable bonds is 7. The zero-order valence-electron chi connectivity index (χ0n) is 11.1. The van der Waals surface area contributed by atoms with Crippen molar-refractivity contribution in [3.05, 3.63) is 11.9 Å². The molecule has 2 N–H and O–H groups in total. The topological polar surface area (TPSA) is 78.4 Å². The zero-order valence-corrected chi connectivity index (χ0v) is 11.1. The Balaban J connectivity index is 2.76. The Kier molecular flexibility index (Phi) is 5.35. The lowest BCUT2D eigenvalue weighted by Crippen LogP contribution is -2.21. The summed E-state index contributed by atoms with van der Waals surface area (Å²) in [5, 5.41) is 11.4. The summed E-state index contributed by atoms with van der Waals surface area (Å²) in [5.74, 6) is 1.07. The van der Waals surface area contributed by atoms with Crippen molar-refractivity contribution < 1.29 is 9.90 Å². The molecule has 0 radical (unpaired) electrons. The molecule has 0 atom stereocenters. The summed E-state index contributed by atoms with van der Waals surface area (Å²) >= 11 is 0. The third-order valence-corrected chi connectivity index (χ3v) is 2.48. The molecule has 1 rings (SSSR count). The van der Waals surface area contributed by atoms with Gasteiger partial charge in [-0.15, -0.1) is 0 Å². The van der Waals surface area contributed by atoms with E-state index in [0.29, 0.717) is 11.6 Å². The Morgan fingerprint density at radius 2 is 2.22 bits per heavy atom. The molecule has 6 nitrogen and oxygen atoms in total. The lowest BCUT2D eigenvalue weighted by molar-refractivity contribution is -0.134.